The number of ether oxygens (including phenoxy) is 1. The Kier molecular flexibility index (Phi) is 6.31. The zero-order chi connectivity index (χ0) is 21.8. The van der Waals surface area contributed by atoms with Crippen LogP contribution in [0.15, 0.2) is 76.2 Å². The molecule has 4 rings (SSSR count). The molecule has 1 aromatic heterocycles. The molecule has 1 amide bonds. The molecule has 31 heavy (non-hydrogen) atoms. The van der Waals surface area contributed by atoms with Crippen molar-refractivity contribution in [2.75, 3.05) is 26.2 Å². The average molecular weight is 461 g/mol. The molecule has 1 aliphatic heterocycles. The summed E-state index contributed by atoms with van der Waals surface area (Å²) < 4.78 is 38.2. The lowest BCUT2D eigenvalue weighted by molar-refractivity contribution is 0.0662. The highest BCUT2D eigenvalue weighted by Crippen LogP contribution is 2.22. The third-order valence-corrected chi connectivity index (χ3v) is 7.17. The number of hydrogen-bond acceptors (Lipinski definition) is 5. The van der Waals surface area contributed by atoms with E-state index < -0.39 is 10.0 Å². The molecule has 1 fully saturated rings. The van der Waals surface area contributed by atoms with E-state index in [0.29, 0.717) is 16.3 Å². The second kappa shape index (κ2) is 9.13. The number of rotatable bonds is 6. The molecule has 3 aromatic rings. The maximum Gasteiger partial charge on any atom is 0.290 e. The normalized spacial score (nSPS) is 15.1. The zero-order valence-electron chi connectivity index (χ0n) is 16.6. The maximum atomic E-state index is 13.0. The lowest BCUT2D eigenvalue weighted by Gasteiger charge is -2.33. The highest BCUT2D eigenvalue weighted by molar-refractivity contribution is 7.89. The van der Waals surface area contributed by atoms with Crippen molar-refractivity contribution in [3.05, 3.63) is 83.3 Å². The summed E-state index contributed by atoms with van der Waals surface area (Å²) in [7, 11) is -3.67. The molecule has 2 aromatic carbocycles. The lowest BCUT2D eigenvalue weighted by atomic mass is 10.2. The Hall–Kier alpha value is -2.81. The molecule has 0 unspecified atom stereocenters. The van der Waals surface area contributed by atoms with E-state index in [-0.39, 0.29) is 49.3 Å². The first-order chi connectivity index (χ1) is 14.9. The van der Waals surface area contributed by atoms with E-state index in [1.165, 1.54) is 22.7 Å². The highest BCUT2D eigenvalue weighted by atomic mass is 35.5. The molecular formula is C22H21ClN2O5S. The molecule has 7 nitrogen and oxygen atoms in total. The van der Waals surface area contributed by atoms with Crippen LogP contribution in [0.4, 0.5) is 0 Å². The number of piperazine rings is 1. The number of para-hydroxylation sites is 1. The fraction of sp³-hybridized carbons (Fsp3) is 0.227. The summed E-state index contributed by atoms with van der Waals surface area (Å²) in [6.07, 6.45) is 1.46. The molecule has 0 atom stereocenters. The SMILES string of the molecule is O=C(c1occc1COc1ccccc1)N1CCN(S(=O)(=O)c2cccc(Cl)c2)CC1. The van der Waals surface area contributed by atoms with E-state index in [4.69, 9.17) is 20.8 Å². The number of hydrogen-bond donors (Lipinski definition) is 0. The Balaban J connectivity index is 1.39. The van der Waals surface area contributed by atoms with Crippen molar-refractivity contribution in [3.63, 3.8) is 0 Å². The molecule has 0 aliphatic carbocycles. The molecule has 1 aliphatic rings. The number of carbonyl (C=O) groups is 1. The van der Waals surface area contributed by atoms with Crippen LogP contribution in [0.2, 0.25) is 5.02 Å². The van der Waals surface area contributed by atoms with E-state index in [1.807, 2.05) is 30.3 Å². The van der Waals surface area contributed by atoms with Gasteiger partial charge < -0.3 is 14.1 Å². The molecule has 1 saturated heterocycles. The van der Waals surface area contributed by atoms with Gasteiger partial charge in [-0.2, -0.15) is 4.31 Å². The van der Waals surface area contributed by atoms with Gasteiger partial charge in [0, 0.05) is 36.8 Å². The van der Waals surface area contributed by atoms with Gasteiger partial charge in [0.15, 0.2) is 5.76 Å². The average Bonchev–Trinajstić information content (AvgIpc) is 3.26. The number of carbonyl (C=O) groups excluding carboxylic acids is 1. The Bertz CT molecular complexity index is 1160. The predicted octanol–water partition coefficient (Wildman–Crippen LogP) is 3.66. The highest BCUT2D eigenvalue weighted by Gasteiger charge is 2.32. The quantitative estimate of drug-likeness (QED) is 0.560. The first-order valence-electron chi connectivity index (χ1n) is 9.74. The van der Waals surface area contributed by atoms with Crippen molar-refractivity contribution in [1.82, 2.24) is 9.21 Å². The minimum absolute atomic E-state index is 0.145. The van der Waals surface area contributed by atoms with Gasteiger partial charge in [-0.05, 0) is 36.4 Å². The van der Waals surface area contributed by atoms with Gasteiger partial charge >= 0.3 is 0 Å². The van der Waals surface area contributed by atoms with Gasteiger partial charge in [0.2, 0.25) is 10.0 Å². The van der Waals surface area contributed by atoms with E-state index in [2.05, 4.69) is 0 Å². The summed E-state index contributed by atoms with van der Waals surface area (Å²) in [6.45, 7) is 1.11. The van der Waals surface area contributed by atoms with Gasteiger partial charge in [-0.15, -0.1) is 0 Å². The van der Waals surface area contributed by atoms with Crippen LogP contribution < -0.4 is 4.74 Å². The molecule has 0 spiro atoms. The van der Waals surface area contributed by atoms with E-state index >= 15 is 0 Å². The molecule has 0 saturated carbocycles. The predicted molar refractivity (Wildman–Crippen MR) is 116 cm³/mol. The van der Waals surface area contributed by atoms with Crippen LogP contribution in [0.25, 0.3) is 0 Å². The Morgan fingerprint density at radius 1 is 1.00 bits per heavy atom. The number of amides is 1. The van der Waals surface area contributed by atoms with Crippen molar-refractivity contribution in [1.29, 1.82) is 0 Å². The van der Waals surface area contributed by atoms with Gasteiger partial charge in [-0.25, -0.2) is 8.42 Å². The summed E-state index contributed by atoms with van der Waals surface area (Å²) in [5.41, 5.74) is 0.642. The van der Waals surface area contributed by atoms with Crippen molar-refractivity contribution < 1.29 is 22.4 Å². The molecule has 162 valence electrons. The van der Waals surface area contributed by atoms with Crippen LogP contribution >= 0.6 is 11.6 Å². The summed E-state index contributed by atoms with van der Waals surface area (Å²) in [5.74, 6) is 0.625. The van der Waals surface area contributed by atoms with E-state index in [0.717, 1.165) is 0 Å². The molecule has 0 radical (unpaired) electrons. The number of sulfonamides is 1. The fourth-order valence-corrected chi connectivity index (χ4v) is 5.09. The summed E-state index contributed by atoms with van der Waals surface area (Å²) >= 11 is 5.93. The standard InChI is InChI=1S/C22H21ClN2O5S/c23-18-5-4-8-20(15-18)31(27,28)25-12-10-24(11-13-25)22(26)21-17(9-14-29-21)16-30-19-6-2-1-3-7-19/h1-9,14-15H,10-13,16H2. The van der Waals surface area contributed by atoms with Gasteiger partial charge in [0.25, 0.3) is 5.91 Å². The molecule has 9 heteroatoms. The summed E-state index contributed by atoms with van der Waals surface area (Å²) in [5, 5.41) is 0.359. The van der Waals surface area contributed by atoms with Gasteiger partial charge in [-0.3, -0.25) is 4.79 Å². The molecule has 0 bridgehead atoms. The minimum Gasteiger partial charge on any atom is -0.489 e. The third kappa shape index (κ3) is 4.76. The zero-order valence-corrected chi connectivity index (χ0v) is 18.2. The second-order valence-corrected chi connectivity index (χ2v) is 9.40. The van der Waals surface area contributed by atoms with Crippen LogP contribution in [0, 0.1) is 0 Å². The van der Waals surface area contributed by atoms with Crippen molar-refractivity contribution in [2.45, 2.75) is 11.5 Å². The van der Waals surface area contributed by atoms with Crippen LogP contribution in [0.5, 0.6) is 5.75 Å². The van der Waals surface area contributed by atoms with Gasteiger partial charge in [0.1, 0.15) is 12.4 Å². The number of halogens is 1. The molecular weight excluding hydrogens is 440 g/mol. The van der Waals surface area contributed by atoms with Crippen LogP contribution in [0.3, 0.4) is 0 Å². The van der Waals surface area contributed by atoms with Gasteiger partial charge in [0.05, 0.1) is 11.2 Å². The number of furan rings is 1. The second-order valence-electron chi connectivity index (χ2n) is 7.03. The van der Waals surface area contributed by atoms with E-state index in [1.54, 1.807) is 23.1 Å². The number of nitrogens with zero attached hydrogens (tertiary/aromatic N) is 2. The lowest BCUT2D eigenvalue weighted by Crippen LogP contribution is -2.50. The van der Waals surface area contributed by atoms with Crippen molar-refractivity contribution in [2.24, 2.45) is 0 Å². The van der Waals surface area contributed by atoms with Gasteiger partial charge in [-0.1, -0.05) is 35.9 Å². The Labute approximate surface area is 185 Å². The first-order valence-corrected chi connectivity index (χ1v) is 11.6. The van der Waals surface area contributed by atoms with E-state index in [9.17, 15) is 13.2 Å². The Morgan fingerprint density at radius 2 is 1.74 bits per heavy atom. The van der Waals surface area contributed by atoms with Crippen molar-refractivity contribution >= 4 is 27.5 Å². The monoisotopic (exact) mass is 460 g/mol. The minimum atomic E-state index is -3.67. The van der Waals surface area contributed by atoms with Crippen molar-refractivity contribution in [3.8, 4) is 5.75 Å². The third-order valence-electron chi connectivity index (χ3n) is 5.04. The maximum absolute atomic E-state index is 13.0. The summed E-state index contributed by atoms with van der Waals surface area (Å²) in [6, 6.07) is 17.2. The topological polar surface area (TPSA) is 80.1 Å². The molecule has 2 heterocycles. The number of benzene rings is 2. The van der Waals surface area contributed by atoms with Crippen LogP contribution in [-0.4, -0.2) is 49.7 Å². The molecule has 0 N–H and O–H groups in total. The van der Waals surface area contributed by atoms with Crippen LogP contribution in [0.1, 0.15) is 16.1 Å². The first kappa shape index (κ1) is 21.4. The fourth-order valence-electron chi connectivity index (χ4n) is 3.37. The smallest absolute Gasteiger partial charge is 0.290 e. The van der Waals surface area contributed by atoms with Crippen LogP contribution in [-0.2, 0) is 16.6 Å². The largest absolute Gasteiger partial charge is 0.489 e. The summed E-state index contributed by atoms with van der Waals surface area (Å²) in [4.78, 5) is 14.7. The Morgan fingerprint density at radius 3 is 2.45 bits per heavy atom.